The molecule has 1 unspecified atom stereocenters. The molecule has 0 radical (unpaired) electrons. The maximum Gasteiger partial charge on any atom is 0.320 e. The van der Waals surface area contributed by atoms with Gasteiger partial charge in [0.1, 0.15) is 11.9 Å². The predicted molar refractivity (Wildman–Crippen MR) is 58.1 cm³/mol. The molecule has 2 heterocycles. The molecule has 7 nitrogen and oxygen atoms in total. The zero-order chi connectivity index (χ0) is 11.5. The first-order chi connectivity index (χ1) is 7.70. The molecule has 0 saturated carbocycles. The Morgan fingerprint density at radius 2 is 2.31 bits per heavy atom. The minimum Gasteiger partial charge on any atom is -0.458 e. The second-order valence-electron chi connectivity index (χ2n) is 3.41. The van der Waals surface area contributed by atoms with Crippen molar-refractivity contribution in [1.29, 1.82) is 0 Å². The Hall–Kier alpha value is -1.89. The van der Waals surface area contributed by atoms with E-state index in [-0.39, 0.29) is 12.1 Å². The van der Waals surface area contributed by atoms with E-state index in [1.54, 1.807) is 13.3 Å². The van der Waals surface area contributed by atoms with Crippen LogP contribution in [0, 0.1) is 0 Å². The average molecular weight is 223 g/mol. The second kappa shape index (κ2) is 4.31. The molecule has 2 aromatic heterocycles. The molecule has 86 valence electrons. The molecular formula is C9H13N5O2. The van der Waals surface area contributed by atoms with Crippen LogP contribution in [0.4, 0.5) is 5.82 Å². The summed E-state index contributed by atoms with van der Waals surface area (Å²) in [6, 6.07) is 0.221. The van der Waals surface area contributed by atoms with Crippen LogP contribution >= 0.6 is 0 Å². The standard InChI is InChI=1S/C9H13N5O2/c1-5(4-15-2)16-9-12-7(10)6-3-11-14-8(6)13-9/h3,5H,4H2,1-2H3,(H3,10,11,12,13,14). The van der Waals surface area contributed by atoms with Crippen molar-refractivity contribution >= 4 is 16.9 Å². The van der Waals surface area contributed by atoms with Crippen molar-refractivity contribution in [3.63, 3.8) is 0 Å². The summed E-state index contributed by atoms with van der Waals surface area (Å²) in [5, 5.41) is 7.23. The van der Waals surface area contributed by atoms with Gasteiger partial charge >= 0.3 is 6.01 Å². The highest BCUT2D eigenvalue weighted by atomic mass is 16.5. The van der Waals surface area contributed by atoms with Crippen molar-refractivity contribution in [2.75, 3.05) is 19.5 Å². The first kappa shape index (κ1) is 10.6. The number of H-pyrrole nitrogens is 1. The molecule has 1 atom stereocenters. The quantitative estimate of drug-likeness (QED) is 0.775. The number of hydrogen-bond donors (Lipinski definition) is 2. The summed E-state index contributed by atoms with van der Waals surface area (Å²) in [5.41, 5.74) is 6.29. The number of aromatic nitrogens is 4. The van der Waals surface area contributed by atoms with Crippen molar-refractivity contribution in [2.24, 2.45) is 0 Å². The number of methoxy groups -OCH3 is 1. The van der Waals surface area contributed by atoms with E-state index in [0.717, 1.165) is 0 Å². The monoisotopic (exact) mass is 223 g/mol. The highest BCUT2D eigenvalue weighted by Crippen LogP contribution is 2.18. The number of anilines is 1. The molecule has 0 aromatic carbocycles. The minimum atomic E-state index is -0.134. The summed E-state index contributed by atoms with van der Waals surface area (Å²) in [6.07, 6.45) is 1.44. The Morgan fingerprint density at radius 1 is 1.50 bits per heavy atom. The molecule has 0 aliphatic rings. The number of nitrogen functional groups attached to an aromatic ring is 1. The minimum absolute atomic E-state index is 0.134. The van der Waals surface area contributed by atoms with Crippen LogP contribution in [0.5, 0.6) is 6.01 Å². The number of nitrogens with zero attached hydrogens (tertiary/aromatic N) is 3. The first-order valence-electron chi connectivity index (χ1n) is 4.83. The zero-order valence-corrected chi connectivity index (χ0v) is 9.10. The number of ether oxygens (including phenoxy) is 2. The van der Waals surface area contributed by atoms with Crippen LogP contribution in [0.25, 0.3) is 11.0 Å². The lowest BCUT2D eigenvalue weighted by atomic mass is 10.4. The number of aromatic amines is 1. The molecular weight excluding hydrogens is 210 g/mol. The summed E-state index contributed by atoms with van der Waals surface area (Å²) in [7, 11) is 1.60. The average Bonchev–Trinajstić information content (AvgIpc) is 2.66. The van der Waals surface area contributed by atoms with Gasteiger partial charge in [0.05, 0.1) is 18.2 Å². The molecule has 0 saturated heterocycles. The molecule has 0 spiro atoms. The van der Waals surface area contributed by atoms with Crippen LogP contribution in [0.3, 0.4) is 0 Å². The molecule has 0 fully saturated rings. The van der Waals surface area contributed by atoms with E-state index in [4.69, 9.17) is 15.2 Å². The van der Waals surface area contributed by atoms with Gasteiger partial charge in [0.15, 0.2) is 5.65 Å². The largest absolute Gasteiger partial charge is 0.458 e. The van der Waals surface area contributed by atoms with Gasteiger partial charge in [0.25, 0.3) is 0 Å². The van der Waals surface area contributed by atoms with E-state index in [0.29, 0.717) is 23.5 Å². The Balaban J connectivity index is 2.24. The summed E-state index contributed by atoms with van der Waals surface area (Å²) in [5.74, 6) is 0.346. The van der Waals surface area contributed by atoms with Crippen LogP contribution in [-0.4, -0.2) is 40.0 Å². The highest BCUT2D eigenvalue weighted by Gasteiger charge is 2.10. The van der Waals surface area contributed by atoms with Gasteiger partial charge in [-0.05, 0) is 6.92 Å². The zero-order valence-electron chi connectivity index (χ0n) is 9.10. The third-order valence-electron chi connectivity index (χ3n) is 2.03. The molecule has 2 rings (SSSR count). The molecule has 0 bridgehead atoms. The molecule has 16 heavy (non-hydrogen) atoms. The molecule has 7 heteroatoms. The summed E-state index contributed by atoms with van der Waals surface area (Å²) < 4.78 is 10.4. The van der Waals surface area contributed by atoms with E-state index in [2.05, 4.69) is 20.2 Å². The maximum atomic E-state index is 5.73. The van der Waals surface area contributed by atoms with Crippen molar-refractivity contribution in [2.45, 2.75) is 13.0 Å². The highest BCUT2D eigenvalue weighted by molar-refractivity contribution is 5.84. The number of hydrogen-bond acceptors (Lipinski definition) is 6. The van der Waals surface area contributed by atoms with Gasteiger partial charge in [-0.3, -0.25) is 5.10 Å². The van der Waals surface area contributed by atoms with E-state index in [1.165, 1.54) is 0 Å². The summed E-state index contributed by atoms with van der Waals surface area (Å²) >= 11 is 0. The van der Waals surface area contributed by atoms with Crippen molar-refractivity contribution in [1.82, 2.24) is 20.2 Å². The van der Waals surface area contributed by atoms with Crippen LogP contribution < -0.4 is 10.5 Å². The lowest BCUT2D eigenvalue weighted by molar-refractivity contribution is 0.0859. The summed E-state index contributed by atoms with van der Waals surface area (Å²) in [4.78, 5) is 8.16. The third kappa shape index (κ3) is 2.03. The van der Waals surface area contributed by atoms with E-state index in [1.807, 2.05) is 6.92 Å². The van der Waals surface area contributed by atoms with E-state index in [9.17, 15) is 0 Å². The Morgan fingerprint density at radius 3 is 3.06 bits per heavy atom. The van der Waals surface area contributed by atoms with Crippen LogP contribution in [0.15, 0.2) is 6.20 Å². The van der Waals surface area contributed by atoms with Crippen LogP contribution in [0.2, 0.25) is 0 Å². The van der Waals surface area contributed by atoms with Gasteiger partial charge in [0.2, 0.25) is 0 Å². The van der Waals surface area contributed by atoms with Gasteiger partial charge < -0.3 is 15.2 Å². The Bertz CT molecular complexity index is 484. The van der Waals surface area contributed by atoms with Crippen molar-refractivity contribution in [3.8, 4) is 6.01 Å². The predicted octanol–water partition coefficient (Wildman–Crippen LogP) is 0.349. The topological polar surface area (TPSA) is 98.9 Å². The fraction of sp³-hybridized carbons (Fsp3) is 0.444. The number of fused-ring (bicyclic) bond motifs is 1. The Labute approximate surface area is 92.0 Å². The molecule has 0 aliphatic carbocycles. The van der Waals surface area contributed by atoms with E-state index < -0.39 is 0 Å². The van der Waals surface area contributed by atoms with Gasteiger partial charge in [-0.15, -0.1) is 0 Å². The van der Waals surface area contributed by atoms with E-state index >= 15 is 0 Å². The summed E-state index contributed by atoms with van der Waals surface area (Å²) in [6.45, 7) is 2.32. The first-order valence-corrected chi connectivity index (χ1v) is 4.83. The van der Waals surface area contributed by atoms with Gasteiger partial charge in [-0.1, -0.05) is 0 Å². The smallest absolute Gasteiger partial charge is 0.320 e. The lowest BCUT2D eigenvalue weighted by Crippen LogP contribution is -2.19. The molecule has 0 aliphatic heterocycles. The van der Waals surface area contributed by atoms with Crippen molar-refractivity contribution < 1.29 is 9.47 Å². The second-order valence-corrected chi connectivity index (χ2v) is 3.41. The van der Waals surface area contributed by atoms with Crippen LogP contribution in [-0.2, 0) is 4.74 Å². The van der Waals surface area contributed by atoms with Gasteiger partial charge in [-0.25, -0.2) is 0 Å². The fourth-order valence-corrected chi connectivity index (χ4v) is 1.34. The molecule has 2 aromatic rings. The molecule has 0 amide bonds. The molecule has 3 N–H and O–H groups in total. The van der Waals surface area contributed by atoms with Gasteiger partial charge in [0, 0.05) is 7.11 Å². The number of nitrogens with two attached hydrogens (primary N) is 1. The third-order valence-corrected chi connectivity index (χ3v) is 2.03. The Kier molecular flexibility index (Phi) is 2.86. The van der Waals surface area contributed by atoms with Gasteiger partial charge in [-0.2, -0.15) is 15.1 Å². The lowest BCUT2D eigenvalue weighted by Gasteiger charge is -2.11. The fourth-order valence-electron chi connectivity index (χ4n) is 1.34. The SMILES string of the molecule is COCC(C)Oc1nc(N)c2cn[nH]c2n1. The normalized spacial score (nSPS) is 12.9. The number of nitrogens with one attached hydrogen (secondary N) is 1. The van der Waals surface area contributed by atoms with Crippen molar-refractivity contribution in [3.05, 3.63) is 6.20 Å². The number of rotatable bonds is 4. The maximum absolute atomic E-state index is 5.73. The van der Waals surface area contributed by atoms with Crippen LogP contribution in [0.1, 0.15) is 6.92 Å².